The molecule has 1 heterocycles. The van der Waals surface area contributed by atoms with Crippen molar-refractivity contribution >= 4 is 29.7 Å². The third kappa shape index (κ3) is 5.70. The number of carbonyl (C=O) groups is 1. The van der Waals surface area contributed by atoms with Gasteiger partial charge in [-0.15, -0.1) is 36.9 Å². The molecule has 0 aliphatic carbocycles. The first-order valence-corrected chi connectivity index (χ1v) is 7.57. The maximum absolute atomic E-state index is 12.1. The first kappa shape index (κ1) is 20.3. The summed E-state index contributed by atoms with van der Waals surface area (Å²) in [6, 6.07) is 8.77. The fourth-order valence-electron chi connectivity index (χ4n) is 1.79. The van der Waals surface area contributed by atoms with Gasteiger partial charge in [0.2, 0.25) is 0 Å². The van der Waals surface area contributed by atoms with Gasteiger partial charge < -0.3 is 15.8 Å². The molecule has 9 heteroatoms. The van der Waals surface area contributed by atoms with Crippen LogP contribution in [0.5, 0.6) is 5.75 Å². The SMILES string of the molecule is C[C@@H](CN)NC(=O)c1ccc(-c2ccc(OC(F)(F)F)cc2)s1.Cl. The molecule has 24 heavy (non-hydrogen) atoms. The van der Waals surface area contributed by atoms with Crippen molar-refractivity contribution in [3.05, 3.63) is 41.3 Å². The van der Waals surface area contributed by atoms with E-state index in [1.54, 1.807) is 19.1 Å². The number of ether oxygens (including phenoxy) is 1. The van der Waals surface area contributed by atoms with E-state index in [1.165, 1.54) is 35.6 Å². The molecule has 0 saturated carbocycles. The van der Waals surface area contributed by atoms with E-state index >= 15 is 0 Å². The molecule has 0 saturated heterocycles. The van der Waals surface area contributed by atoms with Gasteiger partial charge in [0.15, 0.2) is 0 Å². The Labute approximate surface area is 147 Å². The summed E-state index contributed by atoms with van der Waals surface area (Å²) in [6.07, 6.45) is -4.71. The standard InChI is InChI=1S/C15H15F3N2O2S.ClH/c1-9(8-19)20-14(21)13-7-6-12(23-13)10-2-4-11(5-3-10)22-15(16,17)18;/h2-7,9H,8,19H2,1H3,(H,20,21);1H/t9-;/m0./s1. The van der Waals surface area contributed by atoms with Gasteiger partial charge in [0.1, 0.15) is 5.75 Å². The summed E-state index contributed by atoms with van der Waals surface area (Å²) in [5.74, 6) is -0.510. The second kappa shape index (κ2) is 8.36. The fraction of sp³-hybridized carbons (Fsp3) is 0.267. The van der Waals surface area contributed by atoms with Gasteiger partial charge in [-0.3, -0.25) is 4.79 Å². The predicted molar refractivity (Wildman–Crippen MR) is 89.7 cm³/mol. The second-order valence-corrected chi connectivity index (χ2v) is 5.93. The van der Waals surface area contributed by atoms with Crippen molar-refractivity contribution in [3.8, 4) is 16.2 Å². The van der Waals surface area contributed by atoms with E-state index in [1.807, 2.05) is 0 Å². The van der Waals surface area contributed by atoms with Crippen molar-refractivity contribution in [2.24, 2.45) is 5.73 Å². The summed E-state index contributed by atoms with van der Waals surface area (Å²) in [7, 11) is 0. The van der Waals surface area contributed by atoms with Crippen LogP contribution >= 0.6 is 23.7 Å². The summed E-state index contributed by atoms with van der Waals surface area (Å²) in [6.45, 7) is 2.14. The van der Waals surface area contributed by atoms with Crippen molar-refractivity contribution in [2.45, 2.75) is 19.3 Å². The summed E-state index contributed by atoms with van der Waals surface area (Å²) >= 11 is 1.25. The Morgan fingerprint density at radius 1 is 1.25 bits per heavy atom. The zero-order chi connectivity index (χ0) is 17.0. The number of nitrogens with one attached hydrogen (secondary N) is 1. The third-order valence-corrected chi connectivity index (χ3v) is 4.07. The molecule has 4 nitrogen and oxygen atoms in total. The van der Waals surface area contributed by atoms with Crippen LogP contribution in [0.2, 0.25) is 0 Å². The Bertz CT molecular complexity index is 674. The summed E-state index contributed by atoms with van der Waals surface area (Å²) < 4.78 is 40.2. The van der Waals surface area contributed by atoms with E-state index in [0.717, 1.165) is 4.88 Å². The molecular weight excluding hydrogens is 365 g/mol. The number of hydrogen-bond donors (Lipinski definition) is 2. The number of nitrogens with two attached hydrogens (primary N) is 1. The highest BCUT2D eigenvalue weighted by Gasteiger charge is 2.30. The molecule has 0 aliphatic rings. The van der Waals surface area contributed by atoms with Gasteiger partial charge in [0.05, 0.1) is 4.88 Å². The van der Waals surface area contributed by atoms with Crippen molar-refractivity contribution in [1.29, 1.82) is 0 Å². The summed E-state index contributed by atoms with van der Waals surface area (Å²) in [5, 5.41) is 2.75. The van der Waals surface area contributed by atoms with Crippen LogP contribution in [0, 0.1) is 0 Å². The van der Waals surface area contributed by atoms with Gasteiger partial charge in [-0.1, -0.05) is 0 Å². The Balaban J connectivity index is 0.00000288. The van der Waals surface area contributed by atoms with E-state index in [-0.39, 0.29) is 30.1 Å². The van der Waals surface area contributed by atoms with Crippen molar-refractivity contribution in [1.82, 2.24) is 5.32 Å². The van der Waals surface area contributed by atoms with Crippen LogP contribution in [0.3, 0.4) is 0 Å². The number of rotatable bonds is 5. The first-order chi connectivity index (χ1) is 10.8. The smallest absolute Gasteiger partial charge is 0.406 e. The molecule has 0 radical (unpaired) electrons. The quantitative estimate of drug-likeness (QED) is 0.829. The predicted octanol–water partition coefficient (Wildman–Crippen LogP) is 3.81. The molecule has 1 atom stereocenters. The average Bonchev–Trinajstić information content (AvgIpc) is 2.96. The number of amides is 1. The lowest BCUT2D eigenvalue weighted by atomic mass is 10.2. The molecule has 0 bridgehead atoms. The Hall–Kier alpha value is -1.77. The van der Waals surface area contributed by atoms with Crippen LogP contribution < -0.4 is 15.8 Å². The summed E-state index contributed by atoms with van der Waals surface area (Å²) in [5.41, 5.74) is 6.15. The van der Waals surface area contributed by atoms with E-state index < -0.39 is 6.36 Å². The van der Waals surface area contributed by atoms with Gasteiger partial charge >= 0.3 is 6.36 Å². The number of alkyl halides is 3. The molecule has 2 rings (SSSR count). The zero-order valence-electron chi connectivity index (χ0n) is 12.6. The lowest BCUT2D eigenvalue weighted by Crippen LogP contribution is -2.37. The Morgan fingerprint density at radius 3 is 2.42 bits per heavy atom. The lowest BCUT2D eigenvalue weighted by Gasteiger charge is -2.09. The van der Waals surface area contributed by atoms with E-state index in [9.17, 15) is 18.0 Å². The normalized spacial score (nSPS) is 12.2. The van der Waals surface area contributed by atoms with Crippen LogP contribution in [-0.4, -0.2) is 24.9 Å². The van der Waals surface area contributed by atoms with Crippen molar-refractivity contribution in [3.63, 3.8) is 0 Å². The monoisotopic (exact) mass is 380 g/mol. The number of thiophene rings is 1. The molecule has 1 aromatic heterocycles. The minimum Gasteiger partial charge on any atom is -0.406 e. The average molecular weight is 381 g/mol. The van der Waals surface area contributed by atoms with Gasteiger partial charge in [-0.2, -0.15) is 0 Å². The maximum Gasteiger partial charge on any atom is 0.573 e. The van der Waals surface area contributed by atoms with Crippen LogP contribution in [0.4, 0.5) is 13.2 Å². The van der Waals surface area contributed by atoms with Gasteiger partial charge in [0.25, 0.3) is 5.91 Å². The minimum atomic E-state index is -4.71. The molecule has 132 valence electrons. The number of carbonyl (C=O) groups excluding carboxylic acids is 1. The topological polar surface area (TPSA) is 64.3 Å². The van der Waals surface area contributed by atoms with E-state index in [4.69, 9.17) is 5.73 Å². The van der Waals surface area contributed by atoms with Crippen LogP contribution in [0.15, 0.2) is 36.4 Å². The molecule has 2 aromatic rings. The molecule has 0 fully saturated rings. The number of hydrogen-bond acceptors (Lipinski definition) is 4. The molecular formula is C15H16ClF3N2O2S. The Kier molecular flexibility index (Phi) is 7.07. The fourth-order valence-corrected chi connectivity index (χ4v) is 2.70. The first-order valence-electron chi connectivity index (χ1n) is 6.75. The minimum absolute atomic E-state index is 0. The van der Waals surface area contributed by atoms with Crippen LogP contribution in [0.1, 0.15) is 16.6 Å². The largest absolute Gasteiger partial charge is 0.573 e. The molecule has 1 amide bonds. The number of benzene rings is 1. The highest BCUT2D eigenvalue weighted by atomic mass is 35.5. The number of halogens is 4. The highest BCUT2D eigenvalue weighted by molar-refractivity contribution is 7.17. The van der Waals surface area contributed by atoms with Gasteiger partial charge in [-0.05, 0) is 48.9 Å². The zero-order valence-corrected chi connectivity index (χ0v) is 14.2. The summed E-state index contributed by atoms with van der Waals surface area (Å²) in [4.78, 5) is 13.3. The van der Waals surface area contributed by atoms with Gasteiger partial charge in [-0.25, -0.2) is 0 Å². The van der Waals surface area contributed by atoms with Crippen molar-refractivity contribution < 1.29 is 22.7 Å². The molecule has 0 unspecified atom stereocenters. The molecule has 3 N–H and O–H groups in total. The third-order valence-electron chi connectivity index (χ3n) is 2.93. The van der Waals surface area contributed by atoms with Crippen LogP contribution in [-0.2, 0) is 0 Å². The van der Waals surface area contributed by atoms with E-state index in [2.05, 4.69) is 10.1 Å². The highest BCUT2D eigenvalue weighted by Crippen LogP contribution is 2.30. The van der Waals surface area contributed by atoms with E-state index in [0.29, 0.717) is 17.0 Å². The van der Waals surface area contributed by atoms with Crippen molar-refractivity contribution in [2.75, 3.05) is 6.54 Å². The lowest BCUT2D eigenvalue weighted by molar-refractivity contribution is -0.274. The second-order valence-electron chi connectivity index (χ2n) is 4.85. The molecule has 0 aliphatic heterocycles. The molecule has 1 aromatic carbocycles. The van der Waals surface area contributed by atoms with Crippen LogP contribution in [0.25, 0.3) is 10.4 Å². The van der Waals surface area contributed by atoms with Gasteiger partial charge in [0, 0.05) is 17.5 Å². The Morgan fingerprint density at radius 2 is 1.88 bits per heavy atom. The maximum atomic E-state index is 12.1. The molecule has 0 spiro atoms.